The standard InChI is InChI=1S/C36H28Cl3NO10/c37-36(38,39)35(40)50-34-29(49-33(44)25-19-11-4-12-20-25)28(48-32(43)24-17-9-3-10-18-24)27(47-31(42)23-15-7-2-8-16-23)26(46-34)21-45-30(41)22-13-5-1-6-14-22/h1-20,26-29,34,40H,21H2/t26?,27-,28?,29+,34+/m1/s1. The molecule has 1 N–H and O–H groups in total. The minimum atomic E-state index is -2.40. The highest BCUT2D eigenvalue weighted by molar-refractivity contribution is 6.76. The third kappa shape index (κ3) is 9.39. The van der Waals surface area contributed by atoms with Gasteiger partial charge in [-0.25, -0.2) is 19.2 Å². The molecule has 0 radical (unpaired) electrons. The molecule has 5 rings (SSSR count). The smallest absolute Gasteiger partial charge is 0.338 e. The van der Waals surface area contributed by atoms with Gasteiger partial charge in [0, 0.05) is 0 Å². The van der Waals surface area contributed by atoms with Gasteiger partial charge in [-0.3, -0.25) is 5.41 Å². The second kappa shape index (κ2) is 16.6. The Labute approximate surface area is 301 Å². The number of nitrogens with one attached hydrogen (secondary N) is 1. The molecule has 11 nitrogen and oxygen atoms in total. The molecule has 1 heterocycles. The van der Waals surface area contributed by atoms with Gasteiger partial charge < -0.3 is 28.4 Å². The van der Waals surface area contributed by atoms with Crippen LogP contribution in [0.4, 0.5) is 0 Å². The first-order valence-corrected chi connectivity index (χ1v) is 16.1. The zero-order chi connectivity index (χ0) is 35.7. The highest BCUT2D eigenvalue weighted by Crippen LogP contribution is 2.35. The van der Waals surface area contributed by atoms with E-state index < -0.39 is 70.9 Å². The van der Waals surface area contributed by atoms with Gasteiger partial charge >= 0.3 is 23.9 Å². The van der Waals surface area contributed by atoms with E-state index >= 15 is 0 Å². The van der Waals surface area contributed by atoms with Gasteiger partial charge in [-0.15, -0.1) is 0 Å². The molecule has 0 amide bonds. The Kier molecular flexibility index (Phi) is 12.1. The van der Waals surface area contributed by atoms with Crippen LogP contribution in [0, 0.1) is 5.41 Å². The van der Waals surface area contributed by atoms with Gasteiger partial charge in [0.05, 0.1) is 22.3 Å². The average Bonchev–Trinajstić information content (AvgIpc) is 3.13. The molecular formula is C36H28Cl3NO10. The van der Waals surface area contributed by atoms with Crippen LogP contribution in [-0.2, 0) is 28.4 Å². The summed E-state index contributed by atoms with van der Waals surface area (Å²) in [7, 11) is 0. The molecule has 14 heteroatoms. The summed E-state index contributed by atoms with van der Waals surface area (Å²) in [5.41, 5.74) is 0.509. The highest BCUT2D eigenvalue weighted by atomic mass is 35.6. The van der Waals surface area contributed by atoms with E-state index in [1.807, 2.05) is 0 Å². The van der Waals surface area contributed by atoms with Gasteiger partial charge in [-0.05, 0) is 48.5 Å². The normalized spacial score (nSPS) is 20.1. The fourth-order valence-corrected chi connectivity index (χ4v) is 4.94. The van der Waals surface area contributed by atoms with E-state index in [4.69, 9.17) is 68.6 Å². The lowest BCUT2D eigenvalue weighted by molar-refractivity contribution is -0.279. The van der Waals surface area contributed by atoms with Crippen LogP contribution in [0.1, 0.15) is 41.4 Å². The maximum absolute atomic E-state index is 13.6. The number of halogens is 3. The molecule has 5 atom stereocenters. The largest absolute Gasteiger partial charge is 0.459 e. The van der Waals surface area contributed by atoms with Crippen molar-refractivity contribution < 1.29 is 47.6 Å². The summed E-state index contributed by atoms with van der Waals surface area (Å²) in [5.74, 6) is -4.41. The van der Waals surface area contributed by atoms with Gasteiger partial charge in [0.2, 0.25) is 18.3 Å². The van der Waals surface area contributed by atoms with E-state index in [0.717, 1.165) is 0 Å². The molecule has 1 fully saturated rings. The van der Waals surface area contributed by atoms with Crippen LogP contribution in [-0.4, -0.2) is 70.9 Å². The van der Waals surface area contributed by atoms with Gasteiger partial charge in [-0.2, -0.15) is 0 Å². The van der Waals surface area contributed by atoms with Crippen LogP contribution in [0.3, 0.4) is 0 Å². The van der Waals surface area contributed by atoms with Crippen molar-refractivity contribution in [3.63, 3.8) is 0 Å². The first-order valence-electron chi connectivity index (χ1n) is 15.0. The quantitative estimate of drug-likeness (QED) is 0.0620. The minimum Gasteiger partial charge on any atom is -0.459 e. The lowest BCUT2D eigenvalue weighted by Crippen LogP contribution is -2.63. The Hall–Kier alpha value is -4.94. The number of ether oxygens (including phenoxy) is 6. The second-order valence-corrected chi connectivity index (χ2v) is 12.9. The summed E-state index contributed by atoms with van der Waals surface area (Å²) >= 11 is 17.8. The maximum Gasteiger partial charge on any atom is 0.338 e. The zero-order valence-corrected chi connectivity index (χ0v) is 28.1. The average molecular weight is 741 g/mol. The molecule has 0 bridgehead atoms. The van der Waals surface area contributed by atoms with Crippen molar-refractivity contribution in [2.45, 2.75) is 34.5 Å². The molecule has 2 unspecified atom stereocenters. The molecule has 1 saturated heterocycles. The van der Waals surface area contributed by atoms with Crippen molar-refractivity contribution >= 4 is 64.6 Å². The van der Waals surface area contributed by atoms with Crippen LogP contribution in [0.25, 0.3) is 0 Å². The Morgan fingerprint density at radius 3 is 1.30 bits per heavy atom. The number of rotatable bonds is 10. The van der Waals surface area contributed by atoms with E-state index in [9.17, 15) is 19.2 Å². The first-order chi connectivity index (χ1) is 24.0. The molecule has 50 heavy (non-hydrogen) atoms. The highest BCUT2D eigenvalue weighted by Gasteiger charge is 2.55. The third-order valence-electron chi connectivity index (χ3n) is 7.23. The minimum absolute atomic E-state index is 0.0904. The number of benzene rings is 4. The Balaban J connectivity index is 1.58. The SMILES string of the molecule is N=C(O[C@@H]1OC(COC(=O)c2ccccc2)[C@@H](OC(=O)c2ccccc2)C(OC(=O)c2ccccc2)[C@@H]1OC(=O)c1ccccc1)C(Cl)(Cl)Cl. The maximum atomic E-state index is 13.6. The zero-order valence-electron chi connectivity index (χ0n) is 25.9. The number of hydrogen-bond acceptors (Lipinski definition) is 11. The summed E-state index contributed by atoms with van der Waals surface area (Å²) in [6, 6.07) is 31.5. The summed E-state index contributed by atoms with van der Waals surface area (Å²) in [5, 5.41) is 8.26. The van der Waals surface area contributed by atoms with Crippen LogP contribution in [0.5, 0.6) is 0 Å². The Morgan fingerprint density at radius 2 is 0.900 bits per heavy atom. The van der Waals surface area contributed by atoms with E-state index in [1.54, 1.807) is 72.8 Å². The lowest BCUT2D eigenvalue weighted by Gasteiger charge is -2.44. The third-order valence-corrected chi connectivity index (χ3v) is 7.74. The van der Waals surface area contributed by atoms with E-state index in [2.05, 4.69) is 0 Å². The van der Waals surface area contributed by atoms with Crippen LogP contribution < -0.4 is 0 Å². The van der Waals surface area contributed by atoms with Crippen LogP contribution in [0.2, 0.25) is 0 Å². The number of carbonyl (C=O) groups is 4. The number of alkyl halides is 3. The Bertz CT molecular complexity index is 1790. The fourth-order valence-electron chi connectivity index (χ4n) is 4.81. The fraction of sp³-hybridized carbons (Fsp3) is 0.194. The molecule has 258 valence electrons. The predicted molar refractivity (Wildman–Crippen MR) is 181 cm³/mol. The summed E-state index contributed by atoms with van der Waals surface area (Å²) in [6.07, 6.45) is -8.34. The molecule has 0 aliphatic carbocycles. The van der Waals surface area contributed by atoms with E-state index in [0.29, 0.717) is 0 Å². The number of hydrogen-bond donors (Lipinski definition) is 1. The van der Waals surface area contributed by atoms with Crippen molar-refractivity contribution in [1.82, 2.24) is 0 Å². The molecule has 4 aromatic rings. The van der Waals surface area contributed by atoms with E-state index in [1.165, 1.54) is 48.5 Å². The molecule has 4 aromatic carbocycles. The van der Waals surface area contributed by atoms with Crippen LogP contribution >= 0.6 is 34.8 Å². The van der Waals surface area contributed by atoms with E-state index in [-0.39, 0.29) is 22.3 Å². The van der Waals surface area contributed by atoms with Gasteiger partial charge in [-0.1, -0.05) is 108 Å². The molecule has 1 aliphatic rings. The van der Waals surface area contributed by atoms with Crippen LogP contribution in [0.15, 0.2) is 121 Å². The molecular weight excluding hydrogens is 713 g/mol. The summed E-state index contributed by atoms with van der Waals surface area (Å²) in [6.45, 7) is -0.597. The monoisotopic (exact) mass is 739 g/mol. The van der Waals surface area contributed by atoms with Gasteiger partial charge in [0.15, 0.2) is 12.2 Å². The van der Waals surface area contributed by atoms with Crippen molar-refractivity contribution in [3.05, 3.63) is 144 Å². The topological polar surface area (TPSA) is 148 Å². The van der Waals surface area contributed by atoms with Crippen molar-refractivity contribution in [1.29, 1.82) is 5.41 Å². The molecule has 1 aliphatic heterocycles. The Morgan fingerprint density at radius 1 is 0.540 bits per heavy atom. The summed E-state index contributed by atoms with van der Waals surface area (Å²) < 4.78 is 32.5. The summed E-state index contributed by atoms with van der Waals surface area (Å²) in [4.78, 5) is 53.5. The molecule has 0 spiro atoms. The van der Waals surface area contributed by atoms with Crippen molar-refractivity contribution in [2.24, 2.45) is 0 Å². The number of esters is 4. The predicted octanol–water partition coefficient (Wildman–Crippen LogP) is 6.61. The molecule has 0 saturated carbocycles. The van der Waals surface area contributed by atoms with Gasteiger partial charge in [0.1, 0.15) is 12.7 Å². The molecule has 0 aromatic heterocycles. The van der Waals surface area contributed by atoms with Crippen molar-refractivity contribution in [2.75, 3.05) is 6.61 Å². The van der Waals surface area contributed by atoms with Crippen molar-refractivity contribution in [3.8, 4) is 0 Å². The lowest BCUT2D eigenvalue weighted by atomic mass is 9.97. The second-order valence-electron chi connectivity index (χ2n) is 10.7. The van der Waals surface area contributed by atoms with Gasteiger partial charge in [0.25, 0.3) is 3.79 Å². The number of carbonyl (C=O) groups excluding carboxylic acids is 4. The first kappa shape index (κ1) is 36.3.